The molecule has 1 aromatic rings. The molecule has 1 aromatic heterocycles. The molecule has 0 atom stereocenters. The predicted octanol–water partition coefficient (Wildman–Crippen LogP) is 3.02. The molecule has 0 fully saturated rings. The second-order valence-electron chi connectivity index (χ2n) is 3.76. The molecule has 0 aromatic carbocycles. The highest BCUT2D eigenvalue weighted by atomic mass is 32.2. The molecule has 0 amide bonds. The van der Waals surface area contributed by atoms with E-state index in [1.165, 1.54) is 16.7 Å². The van der Waals surface area contributed by atoms with Gasteiger partial charge in [0.25, 0.3) is 0 Å². The Morgan fingerprint density at radius 3 is 2.47 bits per heavy atom. The second-order valence-corrected chi connectivity index (χ2v) is 4.53. The van der Waals surface area contributed by atoms with E-state index in [0.717, 1.165) is 0 Å². The van der Waals surface area contributed by atoms with Gasteiger partial charge in [-0.25, -0.2) is 9.97 Å². The highest BCUT2D eigenvalue weighted by molar-refractivity contribution is 7.98. The molecular formula is C11H17F3N4S. The van der Waals surface area contributed by atoms with E-state index in [-0.39, 0.29) is 12.4 Å². The quantitative estimate of drug-likeness (QED) is 0.645. The average Bonchev–Trinajstić information content (AvgIpc) is 2.34. The number of rotatable bonds is 6. The zero-order valence-electron chi connectivity index (χ0n) is 11.1. The van der Waals surface area contributed by atoms with Gasteiger partial charge in [0.15, 0.2) is 5.16 Å². The number of anilines is 2. The number of hydrogen-bond acceptors (Lipinski definition) is 5. The van der Waals surface area contributed by atoms with Crippen molar-refractivity contribution in [1.29, 1.82) is 0 Å². The van der Waals surface area contributed by atoms with Crippen LogP contribution in [0.25, 0.3) is 0 Å². The van der Waals surface area contributed by atoms with Crippen molar-refractivity contribution >= 4 is 23.4 Å². The number of nitrogens with one attached hydrogen (secondary N) is 1. The first kappa shape index (κ1) is 15.9. The van der Waals surface area contributed by atoms with Gasteiger partial charge in [0.2, 0.25) is 0 Å². The van der Waals surface area contributed by atoms with Gasteiger partial charge in [-0.15, -0.1) is 0 Å². The van der Waals surface area contributed by atoms with Gasteiger partial charge in [0, 0.05) is 19.2 Å². The van der Waals surface area contributed by atoms with Crippen LogP contribution >= 0.6 is 11.8 Å². The molecule has 4 nitrogen and oxygen atoms in total. The van der Waals surface area contributed by atoms with Crippen molar-refractivity contribution in [3.8, 4) is 0 Å². The van der Waals surface area contributed by atoms with Crippen LogP contribution in [0.5, 0.6) is 0 Å². The Labute approximate surface area is 114 Å². The topological polar surface area (TPSA) is 41.0 Å². The first-order chi connectivity index (χ1) is 8.89. The fourth-order valence-electron chi connectivity index (χ4n) is 1.51. The third-order valence-electron chi connectivity index (χ3n) is 2.31. The fourth-order valence-corrected chi connectivity index (χ4v) is 1.88. The Bertz CT molecular complexity index is 411. The van der Waals surface area contributed by atoms with E-state index in [1.807, 2.05) is 6.92 Å². The molecule has 0 radical (unpaired) electrons. The van der Waals surface area contributed by atoms with Crippen LogP contribution in [0.4, 0.5) is 24.8 Å². The van der Waals surface area contributed by atoms with Crippen molar-refractivity contribution in [3.05, 3.63) is 6.07 Å². The summed E-state index contributed by atoms with van der Waals surface area (Å²) in [4.78, 5) is 9.50. The monoisotopic (exact) mass is 294 g/mol. The smallest absolute Gasteiger partial charge is 0.370 e. The lowest BCUT2D eigenvalue weighted by Gasteiger charge is -2.24. The standard InChI is InChI=1S/C11H17F3N4S/c1-4-15-8-6-9(17-10(16-8)19-3)18(5-2)7-11(12,13)14/h6H,4-5,7H2,1-3H3,(H,15,16,17). The lowest BCUT2D eigenvalue weighted by Crippen LogP contribution is -2.34. The molecule has 0 spiro atoms. The van der Waals surface area contributed by atoms with E-state index in [4.69, 9.17) is 0 Å². The lowest BCUT2D eigenvalue weighted by atomic mass is 10.4. The van der Waals surface area contributed by atoms with Crippen LogP contribution in [0, 0.1) is 0 Å². The van der Waals surface area contributed by atoms with Crippen LogP contribution < -0.4 is 10.2 Å². The molecule has 1 rings (SSSR count). The molecule has 19 heavy (non-hydrogen) atoms. The Morgan fingerprint density at radius 2 is 2.00 bits per heavy atom. The van der Waals surface area contributed by atoms with Crippen LogP contribution in [-0.2, 0) is 0 Å². The van der Waals surface area contributed by atoms with E-state index >= 15 is 0 Å². The number of nitrogens with zero attached hydrogens (tertiary/aromatic N) is 3. The minimum atomic E-state index is -4.25. The zero-order chi connectivity index (χ0) is 14.5. The van der Waals surface area contributed by atoms with Crippen LogP contribution in [0.1, 0.15) is 13.8 Å². The van der Waals surface area contributed by atoms with E-state index in [2.05, 4.69) is 15.3 Å². The normalized spacial score (nSPS) is 11.5. The maximum Gasteiger partial charge on any atom is 0.405 e. The largest absolute Gasteiger partial charge is 0.405 e. The van der Waals surface area contributed by atoms with Gasteiger partial charge in [0.05, 0.1) is 0 Å². The maximum absolute atomic E-state index is 12.5. The van der Waals surface area contributed by atoms with Crippen molar-refractivity contribution in [3.63, 3.8) is 0 Å². The van der Waals surface area contributed by atoms with E-state index in [1.54, 1.807) is 19.2 Å². The summed E-state index contributed by atoms with van der Waals surface area (Å²) in [6.07, 6.45) is -2.46. The number of halogens is 3. The molecule has 0 unspecified atom stereocenters. The molecule has 8 heteroatoms. The summed E-state index contributed by atoms with van der Waals surface area (Å²) in [6.45, 7) is 3.43. The second kappa shape index (κ2) is 6.83. The molecule has 0 aliphatic heterocycles. The third kappa shape index (κ3) is 5.14. The molecular weight excluding hydrogens is 277 g/mol. The maximum atomic E-state index is 12.5. The van der Waals surface area contributed by atoms with Gasteiger partial charge < -0.3 is 10.2 Å². The Hall–Kier alpha value is -1.18. The van der Waals surface area contributed by atoms with E-state index < -0.39 is 12.7 Å². The summed E-state index contributed by atoms with van der Waals surface area (Å²) in [5, 5.41) is 3.44. The van der Waals surface area contributed by atoms with Crippen molar-refractivity contribution < 1.29 is 13.2 Å². The molecule has 1 N–H and O–H groups in total. The molecule has 0 saturated heterocycles. The van der Waals surface area contributed by atoms with Gasteiger partial charge in [-0.05, 0) is 20.1 Å². The number of thioether (sulfide) groups is 1. The summed E-state index contributed by atoms with van der Waals surface area (Å²) in [6, 6.07) is 1.54. The fraction of sp³-hybridized carbons (Fsp3) is 0.636. The van der Waals surface area contributed by atoms with Gasteiger partial charge >= 0.3 is 6.18 Å². The summed E-state index contributed by atoms with van der Waals surface area (Å²) >= 11 is 1.30. The van der Waals surface area contributed by atoms with Crippen molar-refractivity contribution in [2.24, 2.45) is 0 Å². The van der Waals surface area contributed by atoms with Gasteiger partial charge in [-0.3, -0.25) is 0 Å². The van der Waals surface area contributed by atoms with Gasteiger partial charge in [0.1, 0.15) is 18.2 Å². The predicted molar refractivity (Wildman–Crippen MR) is 71.9 cm³/mol. The molecule has 1 heterocycles. The summed E-state index contributed by atoms with van der Waals surface area (Å²) < 4.78 is 37.5. The minimum Gasteiger partial charge on any atom is -0.370 e. The Balaban J connectivity index is 3.04. The summed E-state index contributed by atoms with van der Waals surface area (Å²) in [5.41, 5.74) is 0. The minimum absolute atomic E-state index is 0.232. The molecule has 0 aliphatic rings. The molecule has 108 valence electrons. The summed E-state index contributed by atoms with van der Waals surface area (Å²) in [5.74, 6) is 0.826. The van der Waals surface area contributed by atoms with E-state index in [9.17, 15) is 13.2 Å². The van der Waals surface area contributed by atoms with E-state index in [0.29, 0.717) is 17.5 Å². The first-order valence-corrected chi connectivity index (χ1v) is 7.10. The zero-order valence-corrected chi connectivity index (χ0v) is 11.9. The van der Waals surface area contributed by atoms with Crippen molar-refractivity contribution in [2.45, 2.75) is 25.2 Å². The third-order valence-corrected chi connectivity index (χ3v) is 2.86. The van der Waals surface area contributed by atoms with Crippen LogP contribution in [0.15, 0.2) is 11.2 Å². The highest BCUT2D eigenvalue weighted by Crippen LogP contribution is 2.24. The van der Waals surface area contributed by atoms with Gasteiger partial charge in [-0.1, -0.05) is 11.8 Å². The summed E-state index contributed by atoms with van der Waals surface area (Å²) in [7, 11) is 0. The SMILES string of the molecule is CCNc1cc(N(CC)CC(F)(F)F)nc(SC)n1. The van der Waals surface area contributed by atoms with Crippen LogP contribution in [-0.4, -0.2) is 42.0 Å². The molecule has 0 aliphatic carbocycles. The van der Waals surface area contributed by atoms with Crippen molar-refractivity contribution in [1.82, 2.24) is 9.97 Å². The number of hydrogen-bond donors (Lipinski definition) is 1. The Morgan fingerprint density at radius 1 is 1.32 bits per heavy atom. The van der Waals surface area contributed by atoms with Gasteiger partial charge in [-0.2, -0.15) is 13.2 Å². The Kier molecular flexibility index (Phi) is 5.71. The first-order valence-electron chi connectivity index (χ1n) is 5.88. The average molecular weight is 294 g/mol. The highest BCUT2D eigenvalue weighted by Gasteiger charge is 2.31. The number of aromatic nitrogens is 2. The molecule has 0 bridgehead atoms. The molecule has 0 saturated carbocycles. The lowest BCUT2D eigenvalue weighted by molar-refractivity contribution is -0.119. The van der Waals surface area contributed by atoms with Crippen LogP contribution in [0.3, 0.4) is 0 Å². The van der Waals surface area contributed by atoms with Crippen molar-refractivity contribution in [2.75, 3.05) is 36.1 Å². The number of alkyl halides is 3. The van der Waals surface area contributed by atoms with Crippen LogP contribution in [0.2, 0.25) is 0 Å².